The van der Waals surface area contributed by atoms with Gasteiger partial charge in [0.25, 0.3) is 6.01 Å². The second-order valence-corrected chi connectivity index (χ2v) is 4.72. The van der Waals surface area contributed by atoms with Crippen LogP contribution in [-0.2, 0) is 9.53 Å². The van der Waals surface area contributed by atoms with Crippen LogP contribution in [0.2, 0.25) is 0 Å². The van der Waals surface area contributed by atoms with E-state index in [-0.39, 0.29) is 6.01 Å². The summed E-state index contributed by atoms with van der Waals surface area (Å²) in [4.78, 5) is 25.9. The largest absolute Gasteiger partial charge is 0.467 e. The second-order valence-electron chi connectivity index (χ2n) is 3.90. The number of ether oxygens (including phenoxy) is 1. The van der Waals surface area contributed by atoms with E-state index < -0.39 is 12.0 Å². The number of fused-ring (bicyclic) bond motifs is 1. The highest BCUT2D eigenvalue weighted by Gasteiger charge is 2.21. The number of anilines is 1. The van der Waals surface area contributed by atoms with Crippen molar-refractivity contribution in [3.63, 3.8) is 0 Å². The summed E-state index contributed by atoms with van der Waals surface area (Å²) < 4.78 is 12.9. The summed E-state index contributed by atoms with van der Waals surface area (Å²) in [6, 6.07) is 6.88. The summed E-state index contributed by atoms with van der Waals surface area (Å²) in [5.41, 5.74) is 1.32. The zero-order valence-electron chi connectivity index (χ0n) is 10.7. The van der Waals surface area contributed by atoms with Crippen molar-refractivity contribution in [2.45, 2.75) is 12.5 Å². The van der Waals surface area contributed by atoms with E-state index in [1.807, 2.05) is 18.2 Å². The number of hydrogen-bond acceptors (Lipinski definition) is 8. The Morgan fingerprint density at radius 2 is 2.35 bits per heavy atom. The zero-order chi connectivity index (χ0) is 14.4. The van der Waals surface area contributed by atoms with Gasteiger partial charge in [-0.25, -0.2) is 4.79 Å². The van der Waals surface area contributed by atoms with Gasteiger partial charge in [0.1, 0.15) is 11.6 Å². The maximum atomic E-state index is 11.7. The van der Waals surface area contributed by atoms with Crippen LogP contribution in [-0.4, -0.2) is 29.9 Å². The van der Waals surface area contributed by atoms with Gasteiger partial charge in [0.15, 0.2) is 5.58 Å². The predicted octanol–water partition coefficient (Wildman–Crippen LogP) is 2.59. The molecule has 0 aliphatic heterocycles. The quantitative estimate of drug-likeness (QED) is 0.363. The van der Waals surface area contributed by atoms with E-state index in [0.29, 0.717) is 23.3 Å². The average Bonchev–Trinajstić information content (AvgIpc) is 2.88. The number of oxazole rings is 1. The van der Waals surface area contributed by atoms with Crippen molar-refractivity contribution in [2.24, 2.45) is 4.58 Å². The van der Waals surface area contributed by atoms with E-state index >= 15 is 0 Å². The highest BCUT2D eigenvalue weighted by Crippen LogP contribution is 2.20. The lowest BCUT2D eigenvalue weighted by molar-refractivity contribution is -0.141. The predicted molar refractivity (Wildman–Crippen MR) is 76.3 cm³/mol. The van der Waals surface area contributed by atoms with Gasteiger partial charge in [0, 0.05) is 22.3 Å². The van der Waals surface area contributed by atoms with Gasteiger partial charge in [0.2, 0.25) is 0 Å². The van der Waals surface area contributed by atoms with E-state index in [4.69, 9.17) is 9.15 Å². The molecule has 0 amide bonds. The molecule has 0 saturated carbocycles. The zero-order valence-corrected chi connectivity index (χ0v) is 11.6. The van der Waals surface area contributed by atoms with Crippen LogP contribution in [0.15, 0.2) is 33.3 Å². The van der Waals surface area contributed by atoms with Crippen LogP contribution >= 0.6 is 11.9 Å². The van der Waals surface area contributed by atoms with Crippen LogP contribution in [0, 0.1) is 4.91 Å². The molecule has 2 rings (SSSR count). The number of rotatable bonds is 7. The maximum Gasteiger partial charge on any atom is 0.328 e. The molecule has 1 N–H and O–H groups in total. The van der Waals surface area contributed by atoms with Crippen molar-refractivity contribution in [3.05, 3.63) is 29.2 Å². The molecule has 1 aromatic heterocycles. The Morgan fingerprint density at radius 1 is 1.55 bits per heavy atom. The number of nitroso groups, excluding NO2 is 1. The molecule has 2 aromatic rings. The smallest absolute Gasteiger partial charge is 0.328 e. The van der Waals surface area contributed by atoms with E-state index in [1.54, 1.807) is 6.07 Å². The number of hydrogen-bond donors (Lipinski definition) is 1. The number of esters is 1. The summed E-state index contributed by atoms with van der Waals surface area (Å²) in [6.07, 6.45) is 0.377. The normalized spacial score (nSPS) is 12.1. The van der Waals surface area contributed by atoms with Crippen LogP contribution < -0.4 is 5.32 Å². The molecule has 0 spiro atoms. The van der Waals surface area contributed by atoms with Gasteiger partial charge in [-0.3, -0.25) is 0 Å². The number of nitrogens with zero attached hydrogens (tertiary/aromatic N) is 2. The maximum absolute atomic E-state index is 11.7. The molecule has 0 fully saturated rings. The minimum absolute atomic E-state index is 0.241. The number of benzene rings is 1. The van der Waals surface area contributed by atoms with Crippen LogP contribution in [0.4, 0.5) is 6.01 Å². The minimum Gasteiger partial charge on any atom is -0.467 e. The summed E-state index contributed by atoms with van der Waals surface area (Å²) in [6.45, 7) is 0. The van der Waals surface area contributed by atoms with Gasteiger partial charge in [-0.15, -0.1) is 4.91 Å². The van der Waals surface area contributed by atoms with E-state index in [1.165, 1.54) is 7.11 Å². The van der Waals surface area contributed by atoms with Crippen LogP contribution in [0.1, 0.15) is 6.42 Å². The fraction of sp³-hybridized carbons (Fsp3) is 0.333. The van der Waals surface area contributed by atoms with Crippen molar-refractivity contribution < 1.29 is 13.9 Å². The Hall–Kier alpha value is -2.09. The number of methoxy groups -OCH3 is 1. The van der Waals surface area contributed by atoms with Gasteiger partial charge in [0.05, 0.1) is 7.11 Å². The third-order valence-corrected chi connectivity index (χ3v) is 3.15. The molecule has 1 atom stereocenters. The Balaban J connectivity index is 2.09. The summed E-state index contributed by atoms with van der Waals surface area (Å²) in [5, 5.41) is 2.87. The molecule has 0 bridgehead atoms. The first-order valence-corrected chi connectivity index (χ1v) is 6.83. The highest BCUT2D eigenvalue weighted by atomic mass is 32.2. The topological polar surface area (TPSA) is 93.8 Å². The first kappa shape index (κ1) is 14.3. The minimum atomic E-state index is -0.637. The van der Waals surface area contributed by atoms with Crippen molar-refractivity contribution in [3.8, 4) is 0 Å². The Morgan fingerprint density at radius 3 is 3.05 bits per heavy atom. The first-order valence-electron chi connectivity index (χ1n) is 5.89. The molecule has 7 nitrogen and oxygen atoms in total. The summed E-state index contributed by atoms with van der Waals surface area (Å²) >= 11 is 0.851. The third kappa shape index (κ3) is 3.47. The number of nitrogens with one attached hydrogen (secondary N) is 1. The van der Waals surface area contributed by atoms with E-state index in [2.05, 4.69) is 14.9 Å². The van der Waals surface area contributed by atoms with Crippen LogP contribution in [0.5, 0.6) is 0 Å². The molecule has 0 saturated heterocycles. The van der Waals surface area contributed by atoms with Gasteiger partial charge >= 0.3 is 5.97 Å². The number of carbonyl (C=O) groups excluding carboxylic acids is 1. The van der Waals surface area contributed by atoms with Gasteiger partial charge < -0.3 is 14.5 Å². The Kier molecular flexibility index (Phi) is 4.94. The number of carbonyl (C=O) groups is 1. The average molecular weight is 295 g/mol. The fourth-order valence-corrected chi connectivity index (χ4v) is 2.10. The molecule has 1 unspecified atom stereocenters. The van der Waals surface area contributed by atoms with Crippen LogP contribution in [0.25, 0.3) is 11.1 Å². The molecule has 20 heavy (non-hydrogen) atoms. The van der Waals surface area contributed by atoms with E-state index in [0.717, 1.165) is 11.9 Å². The van der Waals surface area contributed by atoms with Crippen LogP contribution in [0.3, 0.4) is 0 Å². The molecule has 0 aliphatic carbocycles. The molecule has 1 aromatic carbocycles. The van der Waals surface area contributed by atoms with Crippen molar-refractivity contribution in [1.29, 1.82) is 0 Å². The second kappa shape index (κ2) is 6.90. The third-order valence-electron chi connectivity index (χ3n) is 2.63. The lowest BCUT2D eigenvalue weighted by Crippen LogP contribution is -2.31. The number of para-hydroxylation sites is 2. The van der Waals surface area contributed by atoms with Crippen molar-refractivity contribution >= 4 is 35.0 Å². The van der Waals surface area contributed by atoms with E-state index in [9.17, 15) is 9.70 Å². The molecule has 106 valence electrons. The molecule has 0 radical (unpaired) electrons. The SMILES string of the molecule is COC(=O)C(CCSN=O)Nc1nc2ccccc2o1. The molecule has 8 heteroatoms. The lowest BCUT2D eigenvalue weighted by Gasteiger charge is -2.13. The highest BCUT2D eigenvalue weighted by molar-refractivity contribution is 7.97. The van der Waals surface area contributed by atoms with Crippen molar-refractivity contribution in [2.75, 3.05) is 18.2 Å². The summed E-state index contributed by atoms with van der Waals surface area (Å²) in [5.74, 6) is -0.0463. The van der Waals surface area contributed by atoms with Gasteiger partial charge in [-0.05, 0) is 18.6 Å². The Labute approximate surface area is 119 Å². The molecular formula is C12H13N3O4S. The molecule has 0 aliphatic rings. The Bertz CT molecular complexity index is 568. The molecule has 1 heterocycles. The standard InChI is InChI=1S/C12H13N3O4S/c1-18-11(16)9(6-7-20-15-17)14-12-13-8-4-2-3-5-10(8)19-12/h2-5,9H,6-7H2,1H3,(H,13,14). The van der Waals surface area contributed by atoms with Gasteiger partial charge in [-0.2, -0.15) is 4.98 Å². The lowest BCUT2D eigenvalue weighted by atomic mass is 10.2. The van der Waals surface area contributed by atoms with Crippen molar-refractivity contribution in [1.82, 2.24) is 4.98 Å². The monoisotopic (exact) mass is 295 g/mol. The number of aromatic nitrogens is 1. The molecular weight excluding hydrogens is 282 g/mol. The summed E-state index contributed by atoms with van der Waals surface area (Å²) in [7, 11) is 1.30. The van der Waals surface area contributed by atoms with Gasteiger partial charge in [-0.1, -0.05) is 12.1 Å². The fourth-order valence-electron chi connectivity index (χ4n) is 1.68. The first-order chi connectivity index (χ1) is 9.74.